The summed E-state index contributed by atoms with van der Waals surface area (Å²) in [6.07, 6.45) is 0.671. The Bertz CT molecular complexity index is 706. The van der Waals surface area contributed by atoms with Crippen LogP contribution in [0.3, 0.4) is 0 Å². The Morgan fingerprint density at radius 3 is 2.43 bits per heavy atom. The zero-order chi connectivity index (χ0) is 19.7. The van der Waals surface area contributed by atoms with Crippen LogP contribution in [-0.4, -0.2) is 81.9 Å². The van der Waals surface area contributed by atoms with Gasteiger partial charge in [-0.15, -0.1) is 0 Å². The minimum atomic E-state index is -0.674. The van der Waals surface area contributed by atoms with E-state index >= 15 is 0 Å². The Morgan fingerprint density at radius 1 is 1.18 bits per heavy atom. The van der Waals surface area contributed by atoms with E-state index in [4.69, 9.17) is 13.7 Å². The second kappa shape index (κ2) is 8.40. The lowest BCUT2D eigenvalue weighted by atomic mass is 10.1. The highest BCUT2D eigenvalue weighted by Gasteiger charge is 2.35. The summed E-state index contributed by atoms with van der Waals surface area (Å²) in [6.45, 7) is 4.45. The van der Waals surface area contributed by atoms with E-state index in [2.05, 4.69) is 4.90 Å². The fourth-order valence-electron chi connectivity index (χ4n) is 3.72. The molecule has 7 nitrogen and oxygen atoms in total. The third-order valence-electron chi connectivity index (χ3n) is 5.33. The number of carbonyl (C=O) groups is 1. The largest absolute Gasteiger partial charge is 0.441 e. The number of rotatable bonds is 6. The molecule has 154 valence electrons. The number of cyclic esters (lactones) is 1. The fourth-order valence-corrected chi connectivity index (χ4v) is 4.01. The molecule has 0 spiro atoms. The number of benzene rings is 1. The second-order valence-corrected chi connectivity index (χ2v) is 7.61. The average Bonchev–Trinajstić information content (AvgIpc) is 3.00. The second-order valence-electron chi connectivity index (χ2n) is 7.04. The molecule has 0 aliphatic carbocycles. The van der Waals surface area contributed by atoms with Crippen LogP contribution in [0.1, 0.15) is 0 Å². The highest BCUT2D eigenvalue weighted by molar-refractivity contribution is 7.93. The van der Waals surface area contributed by atoms with E-state index in [9.17, 15) is 13.6 Å². The summed E-state index contributed by atoms with van der Waals surface area (Å²) in [5.74, 6) is -1.35. The molecule has 0 N–H and O–H groups in total. The molecule has 1 aromatic carbocycles. The van der Waals surface area contributed by atoms with Gasteiger partial charge >= 0.3 is 6.09 Å². The molecule has 3 aliphatic rings. The van der Waals surface area contributed by atoms with Crippen LogP contribution in [0.2, 0.25) is 0 Å². The maximum Gasteiger partial charge on any atom is 0.414 e. The summed E-state index contributed by atoms with van der Waals surface area (Å²) in [7, 11) is 0. The maximum atomic E-state index is 14.8. The molecule has 4 rings (SSSR count). The average molecular weight is 415 g/mol. The number of anilines is 2. The summed E-state index contributed by atoms with van der Waals surface area (Å²) in [4.78, 5) is 17.3. The van der Waals surface area contributed by atoms with Crippen molar-refractivity contribution in [3.8, 4) is 0 Å². The van der Waals surface area contributed by atoms with Crippen molar-refractivity contribution in [3.63, 3.8) is 0 Å². The number of hydrogen-bond donors (Lipinski definition) is 0. The molecule has 3 fully saturated rings. The predicted molar refractivity (Wildman–Crippen MR) is 102 cm³/mol. The molecular formula is C18H23F2N3O4S. The lowest BCUT2D eigenvalue weighted by molar-refractivity contribution is -0.0661. The molecule has 0 bridgehead atoms. The number of ether oxygens (including phenoxy) is 2. The van der Waals surface area contributed by atoms with Gasteiger partial charge in [-0.3, -0.25) is 9.80 Å². The Morgan fingerprint density at radius 2 is 1.86 bits per heavy atom. The zero-order valence-corrected chi connectivity index (χ0v) is 16.4. The zero-order valence-electron chi connectivity index (χ0n) is 15.6. The predicted octanol–water partition coefficient (Wildman–Crippen LogP) is 2.11. The third-order valence-corrected chi connectivity index (χ3v) is 5.70. The van der Waals surface area contributed by atoms with Crippen LogP contribution in [0.5, 0.6) is 0 Å². The van der Waals surface area contributed by atoms with Gasteiger partial charge in [0, 0.05) is 44.6 Å². The van der Waals surface area contributed by atoms with Gasteiger partial charge in [0.15, 0.2) is 11.6 Å². The summed E-state index contributed by atoms with van der Waals surface area (Å²) in [6, 6.07) is 2.82. The number of carbonyl (C=O) groups excluding carboxylic acids is 1. The van der Waals surface area contributed by atoms with Crippen molar-refractivity contribution in [1.29, 1.82) is 0 Å². The van der Waals surface area contributed by atoms with Crippen molar-refractivity contribution in [3.05, 3.63) is 23.8 Å². The van der Waals surface area contributed by atoms with E-state index in [1.807, 2.05) is 0 Å². The molecule has 3 aliphatic heterocycles. The van der Waals surface area contributed by atoms with Crippen LogP contribution in [0.4, 0.5) is 25.0 Å². The highest BCUT2D eigenvalue weighted by atomic mass is 32.2. The Balaban J connectivity index is 1.44. The molecule has 1 aromatic rings. The van der Waals surface area contributed by atoms with E-state index in [0.29, 0.717) is 19.1 Å². The van der Waals surface area contributed by atoms with Crippen LogP contribution >= 0.6 is 12.0 Å². The number of amides is 1. The maximum absolute atomic E-state index is 14.8. The summed E-state index contributed by atoms with van der Waals surface area (Å²) >= 11 is 1.17. The van der Waals surface area contributed by atoms with Gasteiger partial charge in [-0.1, -0.05) is 0 Å². The monoisotopic (exact) mass is 415 g/mol. The van der Waals surface area contributed by atoms with E-state index in [1.54, 1.807) is 11.2 Å². The number of hydrogen-bond acceptors (Lipinski definition) is 7. The van der Waals surface area contributed by atoms with E-state index in [1.165, 1.54) is 29.1 Å². The van der Waals surface area contributed by atoms with Gasteiger partial charge in [0.25, 0.3) is 0 Å². The van der Waals surface area contributed by atoms with Crippen molar-refractivity contribution < 1.29 is 27.2 Å². The molecule has 1 amide bonds. The molecule has 10 heteroatoms. The molecule has 0 saturated carbocycles. The first-order valence-electron chi connectivity index (χ1n) is 9.26. The third kappa shape index (κ3) is 3.91. The van der Waals surface area contributed by atoms with E-state index < -0.39 is 23.8 Å². The molecule has 1 atom stereocenters. The summed E-state index contributed by atoms with van der Waals surface area (Å²) in [5.41, 5.74) is 0.115. The normalized spacial score (nSPS) is 23.8. The van der Waals surface area contributed by atoms with Gasteiger partial charge in [-0.2, -0.15) is 0 Å². The lowest BCUT2D eigenvalue weighted by Gasteiger charge is -2.43. The van der Waals surface area contributed by atoms with Crippen molar-refractivity contribution in [2.45, 2.75) is 12.1 Å². The van der Waals surface area contributed by atoms with Gasteiger partial charge in [-0.05, 0) is 12.0 Å². The molecule has 3 heterocycles. The van der Waals surface area contributed by atoms with Gasteiger partial charge < -0.3 is 18.6 Å². The smallest absolute Gasteiger partial charge is 0.414 e. The van der Waals surface area contributed by atoms with Crippen molar-refractivity contribution in [1.82, 2.24) is 4.90 Å². The number of nitrogens with zero attached hydrogens (tertiary/aromatic N) is 3. The molecule has 28 heavy (non-hydrogen) atoms. The Labute approximate surface area is 166 Å². The van der Waals surface area contributed by atoms with Crippen LogP contribution in [0.25, 0.3) is 0 Å². The number of piperazine rings is 1. The van der Waals surface area contributed by atoms with E-state index in [0.717, 1.165) is 26.3 Å². The first kappa shape index (κ1) is 19.7. The topological polar surface area (TPSA) is 54.5 Å². The quantitative estimate of drug-likeness (QED) is 0.660. The van der Waals surface area contributed by atoms with Crippen LogP contribution in [0, 0.1) is 11.6 Å². The van der Waals surface area contributed by atoms with Crippen LogP contribution < -0.4 is 9.80 Å². The fraction of sp³-hybridized carbons (Fsp3) is 0.611. The number of halogens is 2. The van der Waals surface area contributed by atoms with E-state index in [-0.39, 0.29) is 24.5 Å². The summed E-state index contributed by atoms with van der Waals surface area (Å²) < 4.78 is 45.1. The standard InChI is InChI=1S/C18H23F2N3O4S/c1-28-26-11-14-8-23(18(24)27-14)12-6-15(19)17(16(20)7-12)22-4-2-21(3-5-22)13-9-25-10-13/h6-7,13-14H,2-5,8-11H2,1H3. The van der Waals surface area contributed by atoms with Crippen molar-refractivity contribution >= 4 is 29.5 Å². The van der Waals surface area contributed by atoms with Crippen molar-refractivity contribution in [2.75, 3.05) is 68.6 Å². The Hall–Kier alpha value is -1.62. The molecular weight excluding hydrogens is 392 g/mol. The minimum absolute atomic E-state index is 0.0388. The van der Waals surface area contributed by atoms with Crippen LogP contribution in [0.15, 0.2) is 12.1 Å². The lowest BCUT2D eigenvalue weighted by Crippen LogP contribution is -2.56. The summed E-state index contributed by atoms with van der Waals surface area (Å²) in [5, 5.41) is 0. The SMILES string of the molecule is CSOCC1CN(c2cc(F)c(N3CCN(C4COC4)CC3)c(F)c2)C(=O)O1. The van der Waals surface area contributed by atoms with Crippen LogP contribution in [-0.2, 0) is 13.7 Å². The molecule has 3 saturated heterocycles. The first-order valence-corrected chi connectivity index (χ1v) is 10.4. The minimum Gasteiger partial charge on any atom is -0.441 e. The Kier molecular flexibility index (Phi) is 5.91. The molecule has 0 radical (unpaired) electrons. The molecule has 1 unspecified atom stereocenters. The van der Waals surface area contributed by atoms with Gasteiger partial charge in [0.1, 0.15) is 18.4 Å². The van der Waals surface area contributed by atoms with Gasteiger partial charge in [0.2, 0.25) is 0 Å². The first-order chi connectivity index (χ1) is 13.6. The van der Waals surface area contributed by atoms with Crippen molar-refractivity contribution in [2.24, 2.45) is 0 Å². The van der Waals surface area contributed by atoms with Gasteiger partial charge in [-0.25, -0.2) is 13.6 Å². The molecule has 0 aromatic heterocycles. The van der Waals surface area contributed by atoms with Gasteiger partial charge in [0.05, 0.1) is 31.5 Å². The highest BCUT2D eigenvalue weighted by Crippen LogP contribution is 2.32.